The molecule has 0 radical (unpaired) electrons. The van der Waals surface area contributed by atoms with Crippen molar-refractivity contribution >= 4 is 39.3 Å². The minimum atomic E-state index is -3.40. The number of hydrogen-bond acceptors (Lipinski definition) is 7. The van der Waals surface area contributed by atoms with E-state index in [-0.39, 0.29) is 41.6 Å². The number of sulfonamides is 1. The third-order valence-corrected chi connectivity index (χ3v) is 11.9. The monoisotopic (exact) mass is 664 g/mol. The minimum absolute atomic E-state index is 0.0136. The Balaban J connectivity index is 1.42. The topological polar surface area (TPSA) is 126 Å². The number of carbonyl (C=O) groups is 2. The van der Waals surface area contributed by atoms with Crippen LogP contribution in [0.2, 0.25) is 5.02 Å². The van der Waals surface area contributed by atoms with Gasteiger partial charge < -0.3 is 25.4 Å². The first-order valence-corrected chi connectivity index (χ1v) is 17.5. The van der Waals surface area contributed by atoms with E-state index in [1.54, 1.807) is 29.6 Å². The molecule has 13 heteroatoms. The fraction of sp³-hybridized carbons (Fsp3) is 0.562. The van der Waals surface area contributed by atoms with E-state index in [4.69, 9.17) is 21.1 Å². The summed E-state index contributed by atoms with van der Waals surface area (Å²) < 4.78 is 53.4. The van der Waals surface area contributed by atoms with Gasteiger partial charge in [0.1, 0.15) is 11.9 Å². The van der Waals surface area contributed by atoms with Gasteiger partial charge >= 0.3 is 6.09 Å². The van der Waals surface area contributed by atoms with Crippen LogP contribution in [-0.2, 0) is 36.1 Å². The molecule has 2 aliphatic heterocycles. The van der Waals surface area contributed by atoms with E-state index in [2.05, 4.69) is 16.0 Å². The number of anilines is 1. The summed E-state index contributed by atoms with van der Waals surface area (Å²) in [7, 11) is -0.510. The summed E-state index contributed by atoms with van der Waals surface area (Å²) in [5.74, 6) is -0.911. The number of piperazine rings is 1. The molecule has 3 aliphatic rings. The van der Waals surface area contributed by atoms with Crippen LogP contribution >= 0.6 is 11.6 Å². The third-order valence-electron chi connectivity index (χ3n) is 9.71. The zero-order valence-electron chi connectivity index (χ0n) is 25.7. The number of halogens is 2. The zero-order valence-corrected chi connectivity index (χ0v) is 27.3. The van der Waals surface area contributed by atoms with Crippen molar-refractivity contribution in [2.75, 3.05) is 38.4 Å². The van der Waals surface area contributed by atoms with Gasteiger partial charge in [-0.3, -0.25) is 4.79 Å². The number of amides is 2. The quantitative estimate of drug-likeness (QED) is 0.364. The molecular weight excluding hydrogens is 623 g/mol. The molecule has 2 amide bonds. The Kier molecular flexibility index (Phi) is 10.7. The predicted molar refractivity (Wildman–Crippen MR) is 170 cm³/mol. The maximum atomic E-state index is 15.4. The highest BCUT2D eigenvalue weighted by Gasteiger charge is 2.48. The minimum Gasteiger partial charge on any atom is -0.453 e. The predicted octanol–water partition coefficient (Wildman–Crippen LogP) is 4.37. The zero-order chi connectivity index (χ0) is 32.2. The highest BCUT2D eigenvalue weighted by atomic mass is 35.5. The van der Waals surface area contributed by atoms with Crippen LogP contribution in [0.1, 0.15) is 56.1 Å². The fourth-order valence-corrected chi connectivity index (χ4v) is 9.12. The average molecular weight is 665 g/mol. The normalized spacial score (nSPS) is 28.4. The van der Waals surface area contributed by atoms with Gasteiger partial charge in [0.15, 0.2) is 0 Å². The SMILES string of the molecule is COC(=O)N[C@H](C(=O)Nc1cccc(F)c1CC[C@H]1CN[C@@H]2CCCS(=O)(=O)N1C2)[C@]1(c2ccc(Cl)cc2)CC[C@H](OC)CC1. The van der Waals surface area contributed by atoms with Gasteiger partial charge in [-0.25, -0.2) is 17.6 Å². The van der Waals surface area contributed by atoms with Crippen molar-refractivity contribution in [1.29, 1.82) is 0 Å². The molecule has 0 spiro atoms. The number of nitrogens with zero attached hydrogens (tertiary/aromatic N) is 1. The Morgan fingerprint density at radius 1 is 1.13 bits per heavy atom. The van der Waals surface area contributed by atoms with Gasteiger partial charge in [-0.15, -0.1) is 0 Å². The molecule has 3 N–H and O–H groups in total. The molecule has 1 saturated carbocycles. The summed E-state index contributed by atoms with van der Waals surface area (Å²) in [4.78, 5) is 26.9. The van der Waals surface area contributed by atoms with Crippen molar-refractivity contribution < 1.29 is 31.9 Å². The van der Waals surface area contributed by atoms with Gasteiger partial charge in [0.2, 0.25) is 15.9 Å². The summed E-state index contributed by atoms with van der Waals surface area (Å²) in [5.41, 5.74) is 0.560. The second-order valence-corrected chi connectivity index (χ2v) is 14.7. The van der Waals surface area contributed by atoms with Crippen LogP contribution in [0.3, 0.4) is 0 Å². The number of carbonyl (C=O) groups excluding carboxylic acids is 2. The summed E-state index contributed by atoms with van der Waals surface area (Å²) in [6.07, 6.45) is 3.62. The van der Waals surface area contributed by atoms with Gasteiger partial charge in [-0.05, 0) is 81.2 Å². The molecule has 1 aliphatic carbocycles. The Labute approximate surface area is 269 Å². The molecule has 2 aromatic rings. The van der Waals surface area contributed by atoms with Crippen LogP contribution < -0.4 is 16.0 Å². The lowest BCUT2D eigenvalue weighted by molar-refractivity contribution is -0.120. The van der Waals surface area contributed by atoms with Crippen LogP contribution in [-0.4, -0.2) is 82.0 Å². The van der Waals surface area contributed by atoms with Crippen LogP contribution in [0.5, 0.6) is 0 Å². The lowest BCUT2D eigenvalue weighted by Crippen LogP contribution is -2.58. The fourth-order valence-electron chi connectivity index (χ4n) is 7.19. The third kappa shape index (κ3) is 7.46. The molecule has 5 rings (SSSR count). The second-order valence-electron chi connectivity index (χ2n) is 12.2. The van der Waals surface area contributed by atoms with E-state index < -0.39 is 39.3 Å². The smallest absolute Gasteiger partial charge is 0.407 e. The molecule has 2 aromatic carbocycles. The number of hydrogen-bond donors (Lipinski definition) is 3. The van der Waals surface area contributed by atoms with E-state index in [1.807, 2.05) is 12.1 Å². The highest BCUT2D eigenvalue weighted by Crippen LogP contribution is 2.44. The van der Waals surface area contributed by atoms with Gasteiger partial charge in [0, 0.05) is 54.0 Å². The summed E-state index contributed by atoms with van der Waals surface area (Å²) in [6.45, 7) is 0.892. The Bertz CT molecular complexity index is 1470. The molecule has 2 bridgehead atoms. The van der Waals surface area contributed by atoms with Crippen LogP contribution in [0.4, 0.5) is 14.9 Å². The van der Waals surface area contributed by atoms with E-state index in [1.165, 1.54) is 19.2 Å². The molecule has 2 saturated heterocycles. The van der Waals surface area contributed by atoms with E-state index in [9.17, 15) is 18.0 Å². The van der Waals surface area contributed by atoms with Gasteiger partial charge in [0.05, 0.1) is 19.0 Å². The van der Waals surface area contributed by atoms with Crippen molar-refractivity contribution in [2.24, 2.45) is 0 Å². The molecule has 4 atom stereocenters. The molecule has 10 nitrogen and oxygen atoms in total. The summed E-state index contributed by atoms with van der Waals surface area (Å²) in [6, 6.07) is 10.4. The molecular formula is C32H42ClFN4O6S. The van der Waals surface area contributed by atoms with Crippen molar-refractivity contribution in [3.63, 3.8) is 0 Å². The maximum absolute atomic E-state index is 15.4. The number of rotatable bonds is 9. The first kappa shape index (κ1) is 33.6. The van der Waals surface area contributed by atoms with Crippen LogP contribution in [0.15, 0.2) is 42.5 Å². The number of alkyl carbamates (subject to hydrolysis) is 1. The Hall–Kier alpha value is -2.77. The van der Waals surface area contributed by atoms with Gasteiger partial charge in [-0.1, -0.05) is 29.8 Å². The highest BCUT2D eigenvalue weighted by molar-refractivity contribution is 7.89. The summed E-state index contributed by atoms with van der Waals surface area (Å²) in [5, 5.41) is 9.68. The van der Waals surface area contributed by atoms with Crippen molar-refractivity contribution in [2.45, 2.75) is 81.0 Å². The van der Waals surface area contributed by atoms with Gasteiger partial charge in [-0.2, -0.15) is 4.31 Å². The first-order valence-electron chi connectivity index (χ1n) is 15.5. The average Bonchev–Trinajstić information content (AvgIpc) is 3.15. The molecule has 3 fully saturated rings. The Morgan fingerprint density at radius 2 is 1.87 bits per heavy atom. The Morgan fingerprint density at radius 3 is 2.56 bits per heavy atom. The number of ether oxygens (including phenoxy) is 2. The second kappa shape index (κ2) is 14.3. The molecule has 45 heavy (non-hydrogen) atoms. The van der Waals surface area contributed by atoms with Crippen molar-refractivity contribution in [1.82, 2.24) is 14.9 Å². The van der Waals surface area contributed by atoms with E-state index >= 15 is 4.39 Å². The lowest BCUT2D eigenvalue weighted by atomic mass is 9.64. The number of methoxy groups -OCH3 is 2. The van der Waals surface area contributed by atoms with Crippen LogP contribution in [0, 0.1) is 5.82 Å². The molecule has 2 heterocycles. The number of fused-ring (bicyclic) bond motifs is 2. The summed E-state index contributed by atoms with van der Waals surface area (Å²) >= 11 is 6.20. The maximum Gasteiger partial charge on any atom is 0.407 e. The van der Waals surface area contributed by atoms with E-state index in [0.29, 0.717) is 56.6 Å². The molecule has 0 aromatic heterocycles. The largest absolute Gasteiger partial charge is 0.453 e. The van der Waals surface area contributed by atoms with E-state index in [0.717, 1.165) is 12.0 Å². The van der Waals surface area contributed by atoms with Crippen molar-refractivity contribution in [3.05, 3.63) is 64.4 Å². The van der Waals surface area contributed by atoms with Crippen LogP contribution in [0.25, 0.3) is 0 Å². The van der Waals surface area contributed by atoms with Gasteiger partial charge in [0.25, 0.3) is 0 Å². The first-order chi connectivity index (χ1) is 21.6. The standard InChI is InChI=1S/C32H42ClFN4O6S/c1-43-25-14-16-32(17-15-25,21-8-10-22(33)11-9-21)29(37-31(40)44-2)30(39)36-28-7-3-6-27(34)26(28)13-12-24-19-35-23-5-4-18-45(41,42)38(24)20-23/h3,6-11,23-25,29,35H,4-5,12-20H2,1-2H3,(H,36,39)(H,37,40)/t23-,24+,25-,29-,32+/m1/s1. The molecule has 1 unspecified atom stereocenters. The number of benzene rings is 2. The number of nitrogens with one attached hydrogen (secondary N) is 3. The molecule has 246 valence electrons. The lowest BCUT2D eigenvalue weighted by Gasteiger charge is -2.45. The van der Waals surface area contributed by atoms with Crippen molar-refractivity contribution in [3.8, 4) is 0 Å².